The summed E-state index contributed by atoms with van der Waals surface area (Å²) in [6, 6.07) is 14.6. The predicted octanol–water partition coefficient (Wildman–Crippen LogP) is 2.61. The second-order valence-electron chi connectivity index (χ2n) is 5.66. The second-order valence-corrected chi connectivity index (χ2v) is 6.60. The SMILES string of the molecule is COc1ccc(C(=O)CSc2n[nH]c(=O)n2Cc2ccccc2)c(OC)c1. The van der Waals surface area contributed by atoms with Crippen molar-refractivity contribution in [2.75, 3.05) is 20.0 Å². The maximum Gasteiger partial charge on any atom is 0.344 e. The number of H-pyrrole nitrogens is 1. The van der Waals surface area contributed by atoms with E-state index in [9.17, 15) is 9.59 Å². The quantitative estimate of drug-likeness (QED) is 0.474. The van der Waals surface area contributed by atoms with Crippen LogP contribution in [0.4, 0.5) is 0 Å². The first-order chi connectivity index (χ1) is 13.1. The van der Waals surface area contributed by atoms with Gasteiger partial charge in [0.2, 0.25) is 0 Å². The van der Waals surface area contributed by atoms with E-state index in [0.29, 0.717) is 28.8 Å². The van der Waals surface area contributed by atoms with Gasteiger partial charge in [-0.1, -0.05) is 42.1 Å². The van der Waals surface area contributed by atoms with Crippen molar-refractivity contribution in [2.24, 2.45) is 0 Å². The van der Waals surface area contributed by atoms with Crippen LogP contribution in [0.15, 0.2) is 58.5 Å². The number of methoxy groups -OCH3 is 2. The van der Waals surface area contributed by atoms with Crippen LogP contribution in [0.25, 0.3) is 0 Å². The topological polar surface area (TPSA) is 86.2 Å². The first-order valence-electron chi connectivity index (χ1n) is 8.19. The van der Waals surface area contributed by atoms with Crippen LogP contribution < -0.4 is 15.2 Å². The van der Waals surface area contributed by atoms with Crippen molar-refractivity contribution in [1.82, 2.24) is 14.8 Å². The van der Waals surface area contributed by atoms with Crippen molar-refractivity contribution < 1.29 is 14.3 Å². The molecule has 140 valence electrons. The highest BCUT2D eigenvalue weighted by Crippen LogP contribution is 2.26. The lowest BCUT2D eigenvalue weighted by atomic mass is 10.1. The van der Waals surface area contributed by atoms with E-state index >= 15 is 0 Å². The molecule has 0 radical (unpaired) electrons. The molecule has 0 saturated heterocycles. The van der Waals surface area contributed by atoms with E-state index in [4.69, 9.17) is 9.47 Å². The zero-order valence-corrected chi connectivity index (χ0v) is 15.8. The Morgan fingerprint density at radius 1 is 1.15 bits per heavy atom. The summed E-state index contributed by atoms with van der Waals surface area (Å²) in [5.41, 5.74) is 1.13. The highest BCUT2D eigenvalue weighted by atomic mass is 32.2. The second kappa shape index (κ2) is 8.59. The third-order valence-electron chi connectivity index (χ3n) is 3.95. The molecule has 8 heteroatoms. The van der Waals surface area contributed by atoms with Gasteiger partial charge in [0.15, 0.2) is 10.9 Å². The summed E-state index contributed by atoms with van der Waals surface area (Å²) in [5.74, 6) is 1.06. The van der Waals surface area contributed by atoms with Crippen molar-refractivity contribution in [3.8, 4) is 11.5 Å². The van der Waals surface area contributed by atoms with Crippen molar-refractivity contribution in [3.63, 3.8) is 0 Å². The maximum absolute atomic E-state index is 12.6. The fourth-order valence-electron chi connectivity index (χ4n) is 2.56. The average Bonchev–Trinajstić information content (AvgIpc) is 3.05. The Labute approximate surface area is 160 Å². The smallest absolute Gasteiger partial charge is 0.344 e. The number of benzene rings is 2. The number of rotatable bonds is 8. The fraction of sp³-hybridized carbons (Fsp3) is 0.211. The Balaban J connectivity index is 1.74. The third-order valence-corrected chi connectivity index (χ3v) is 4.92. The summed E-state index contributed by atoms with van der Waals surface area (Å²) in [5, 5.41) is 6.94. The van der Waals surface area contributed by atoms with Crippen molar-refractivity contribution in [1.29, 1.82) is 0 Å². The lowest BCUT2D eigenvalue weighted by molar-refractivity contribution is 0.101. The summed E-state index contributed by atoms with van der Waals surface area (Å²) in [7, 11) is 3.06. The lowest BCUT2D eigenvalue weighted by Crippen LogP contribution is -2.18. The standard InChI is InChI=1S/C19H19N3O4S/c1-25-14-8-9-15(17(10-14)26-2)16(23)12-27-19-21-20-18(24)22(19)11-13-6-4-3-5-7-13/h3-10H,11-12H2,1-2H3,(H,20,24). The minimum absolute atomic E-state index is 0.124. The van der Waals surface area contributed by atoms with Gasteiger partial charge in [-0.2, -0.15) is 0 Å². The van der Waals surface area contributed by atoms with Crippen LogP contribution in [-0.4, -0.2) is 40.5 Å². The van der Waals surface area contributed by atoms with Gasteiger partial charge < -0.3 is 9.47 Å². The van der Waals surface area contributed by atoms with Crippen LogP contribution in [-0.2, 0) is 6.54 Å². The molecule has 0 unspecified atom stereocenters. The van der Waals surface area contributed by atoms with Crippen LogP contribution >= 0.6 is 11.8 Å². The van der Waals surface area contributed by atoms with Crippen molar-refractivity contribution in [2.45, 2.75) is 11.7 Å². The van der Waals surface area contributed by atoms with E-state index in [1.54, 1.807) is 25.3 Å². The Morgan fingerprint density at radius 2 is 1.93 bits per heavy atom. The summed E-state index contributed by atoms with van der Waals surface area (Å²) in [6.45, 7) is 0.387. The lowest BCUT2D eigenvalue weighted by Gasteiger charge is -2.09. The van der Waals surface area contributed by atoms with Crippen LogP contribution in [0.2, 0.25) is 0 Å². The third kappa shape index (κ3) is 4.40. The van der Waals surface area contributed by atoms with Crippen LogP contribution in [0.1, 0.15) is 15.9 Å². The monoisotopic (exact) mass is 385 g/mol. The molecule has 1 N–H and O–H groups in total. The number of thioether (sulfide) groups is 1. The number of Topliss-reactive ketones (excluding diaryl/α,β-unsaturated/α-hetero) is 1. The van der Waals surface area contributed by atoms with Gasteiger partial charge in [0.05, 0.1) is 32.1 Å². The van der Waals surface area contributed by atoms with Gasteiger partial charge in [0.25, 0.3) is 0 Å². The van der Waals surface area contributed by atoms with Crippen molar-refractivity contribution >= 4 is 17.5 Å². The zero-order valence-electron chi connectivity index (χ0n) is 15.0. The molecule has 2 aromatic carbocycles. The predicted molar refractivity (Wildman–Crippen MR) is 103 cm³/mol. The van der Waals surface area contributed by atoms with E-state index in [0.717, 1.165) is 5.56 Å². The minimum atomic E-state index is -0.309. The van der Waals surface area contributed by atoms with Crippen LogP contribution in [0, 0.1) is 0 Å². The van der Waals surface area contributed by atoms with Crippen LogP contribution in [0.5, 0.6) is 11.5 Å². The molecule has 0 aliphatic carbocycles. The van der Waals surface area contributed by atoms with Gasteiger partial charge in [0, 0.05) is 6.07 Å². The van der Waals surface area contributed by atoms with E-state index in [1.165, 1.54) is 23.4 Å². The van der Waals surface area contributed by atoms with Gasteiger partial charge in [0.1, 0.15) is 11.5 Å². The first-order valence-corrected chi connectivity index (χ1v) is 9.18. The van der Waals surface area contributed by atoms with Gasteiger partial charge >= 0.3 is 5.69 Å². The number of carbonyl (C=O) groups excluding carboxylic acids is 1. The molecule has 0 saturated carbocycles. The maximum atomic E-state index is 12.6. The number of ether oxygens (including phenoxy) is 2. The summed E-state index contributed by atoms with van der Waals surface area (Å²) in [6.07, 6.45) is 0. The highest BCUT2D eigenvalue weighted by Gasteiger charge is 2.16. The highest BCUT2D eigenvalue weighted by molar-refractivity contribution is 7.99. The molecule has 3 rings (SSSR count). The van der Waals surface area contributed by atoms with E-state index in [-0.39, 0.29) is 17.2 Å². The number of carbonyl (C=O) groups is 1. The molecular formula is C19H19N3O4S. The molecule has 7 nitrogen and oxygen atoms in total. The Bertz CT molecular complexity index is 982. The molecule has 0 aliphatic heterocycles. The number of nitrogens with one attached hydrogen (secondary N) is 1. The van der Waals surface area contributed by atoms with E-state index in [1.807, 2.05) is 30.3 Å². The molecule has 3 aromatic rings. The molecule has 27 heavy (non-hydrogen) atoms. The van der Waals surface area contributed by atoms with E-state index in [2.05, 4.69) is 10.2 Å². The van der Waals surface area contributed by atoms with Gasteiger partial charge in [-0.15, -0.1) is 5.10 Å². The molecular weight excluding hydrogens is 366 g/mol. The number of nitrogens with zero attached hydrogens (tertiary/aromatic N) is 2. The fourth-order valence-corrected chi connectivity index (χ4v) is 3.38. The summed E-state index contributed by atoms with van der Waals surface area (Å²) < 4.78 is 11.9. The molecule has 1 aromatic heterocycles. The zero-order chi connectivity index (χ0) is 19.2. The number of aromatic nitrogens is 3. The van der Waals surface area contributed by atoms with Gasteiger partial charge in [-0.3, -0.25) is 9.36 Å². The number of hydrogen-bond acceptors (Lipinski definition) is 6. The molecule has 0 amide bonds. The normalized spacial score (nSPS) is 10.6. The average molecular weight is 385 g/mol. The van der Waals surface area contributed by atoms with Crippen molar-refractivity contribution in [3.05, 3.63) is 70.1 Å². The summed E-state index contributed by atoms with van der Waals surface area (Å²) >= 11 is 1.20. The number of aromatic amines is 1. The number of ketones is 1. The Hall–Kier alpha value is -3.00. The first kappa shape index (κ1) is 18.8. The minimum Gasteiger partial charge on any atom is -0.497 e. The van der Waals surface area contributed by atoms with Gasteiger partial charge in [-0.05, 0) is 17.7 Å². The molecule has 0 bridgehead atoms. The van der Waals surface area contributed by atoms with Crippen LogP contribution in [0.3, 0.4) is 0 Å². The molecule has 0 fully saturated rings. The summed E-state index contributed by atoms with van der Waals surface area (Å²) in [4.78, 5) is 24.6. The van der Waals surface area contributed by atoms with E-state index < -0.39 is 0 Å². The molecule has 1 heterocycles. The molecule has 0 atom stereocenters. The molecule has 0 spiro atoms. The largest absolute Gasteiger partial charge is 0.497 e. The Morgan fingerprint density at radius 3 is 2.63 bits per heavy atom. The van der Waals surface area contributed by atoms with Gasteiger partial charge in [-0.25, -0.2) is 9.89 Å². The number of hydrogen-bond donors (Lipinski definition) is 1. The Kier molecular flexibility index (Phi) is 5.97. The molecule has 0 aliphatic rings.